The fourth-order valence-electron chi connectivity index (χ4n) is 2.71. The van der Waals surface area contributed by atoms with E-state index in [0.717, 1.165) is 16.9 Å². The van der Waals surface area contributed by atoms with Gasteiger partial charge in [-0.2, -0.15) is 0 Å². The molecule has 0 bridgehead atoms. The lowest BCUT2D eigenvalue weighted by Gasteiger charge is -2.20. The Morgan fingerprint density at radius 3 is 2.79 bits per heavy atom. The summed E-state index contributed by atoms with van der Waals surface area (Å²) in [7, 11) is 3.17. The molecule has 0 radical (unpaired) electrons. The summed E-state index contributed by atoms with van der Waals surface area (Å²) in [6, 6.07) is 11.1. The molecular formula is C18H18ClNO4. The molecule has 0 saturated heterocycles. The van der Waals surface area contributed by atoms with E-state index in [1.807, 2.05) is 24.3 Å². The van der Waals surface area contributed by atoms with Crippen molar-refractivity contribution in [3.8, 4) is 17.2 Å². The fourth-order valence-corrected chi connectivity index (χ4v) is 2.94. The SMILES string of the molecule is COc1cccc(CN2Cc3cc(Cl)cc(OC)c3OCC2=O)c1. The van der Waals surface area contributed by atoms with Crippen LogP contribution in [-0.4, -0.2) is 31.6 Å². The number of ether oxygens (including phenoxy) is 3. The number of nitrogens with zero attached hydrogens (tertiary/aromatic N) is 1. The molecule has 0 N–H and O–H groups in total. The van der Waals surface area contributed by atoms with E-state index in [1.54, 1.807) is 31.3 Å². The smallest absolute Gasteiger partial charge is 0.261 e. The Hall–Kier alpha value is -2.40. The van der Waals surface area contributed by atoms with Gasteiger partial charge in [0.05, 0.1) is 14.2 Å². The molecule has 126 valence electrons. The normalized spacial score (nSPS) is 13.8. The van der Waals surface area contributed by atoms with Crippen LogP contribution in [0.3, 0.4) is 0 Å². The topological polar surface area (TPSA) is 48.0 Å². The van der Waals surface area contributed by atoms with Crippen LogP contribution in [0, 0.1) is 0 Å². The minimum atomic E-state index is -0.0906. The van der Waals surface area contributed by atoms with Crippen molar-refractivity contribution in [2.24, 2.45) is 0 Å². The molecule has 0 unspecified atom stereocenters. The summed E-state index contributed by atoms with van der Waals surface area (Å²) >= 11 is 6.14. The van der Waals surface area contributed by atoms with Gasteiger partial charge >= 0.3 is 0 Å². The van der Waals surface area contributed by atoms with Crippen molar-refractivity contribution in [1.82, 2.24) is 4.90 Å². The lowest BCUT2D eigenvalue weighted by Crippen LogP contribution is -2.31. The van der Waals surface area contributed by atoms with Crippen LogP contribution in [0.15, 0.2) is 36.4 Å². The van der Waals surface area contributed by atoms with Crippen molar-refractivity contribution in [2.45, 2.75) is 13.1 Å². The van der Waals surface area contributed by atoms with Crippen molar-refractivity contribution in [1.29, 1.82) is 0 Å². The molecule has 5 nitrogen and oxygen atoms in total. The van der Waals surface area contributed by atoms with Crippen molar-refractivity contribution < 1.29 is 19.0 Å². The van der Waals surface area contributed by atoms with Crippen LogP contribution in [0.5, 0.6) is 17.2 Å². The number of methoxy groups -OCH3 is 2. The van der Waals surface area contributed by atoms with Crippen molar-refractivity contribution in [3.05, 3.63) is 52.5 Å². The Balaban J connectivity index is 1.89. The largest absolute Gasteiger partial charge is 0.497 e. The molecule has 0 aromatic heterocycles. The van der Waals surface area contributed by atoms with Crippen LogP contribution in [0.2, 0.25) is 5.02 Å². The minimum Gasteiger partial charge on any atom is -0.497 e. The Morgan fingerprint density at radius 1 is 1.21 bits per heavy atom. The first-order valence-corrected chi connectivity index (χ1v) is 7.88. The molecular weight excluding hydrogens is 330 g/mol. The Labute approximate surface area is 145 Å². The zero-order chi connectivity index (χ0) is 17.1. The van der Waals surface area contributed by atoms with Crippen LogP contribution < -0.4 is 14.2 Å². The van der Waals surface area contributed by atoms with Crippen LogP contribution in [0.1, 0.15) is 11.1 Å². The lowest BCUT2D eigenvalue weighted by molar-refractivity contribution is -0.133. The third-order valence-corrected chi connectivity index (χ3v) is 4.10. The zero-order valence-electron chi connectivity index (χ0n) is 13.5. The highest BCUT2D eigenvalue weighted by atomic mass is 35.5. The highest BCUT2D eigenvalue weighted by Gasteiger charge is 2.24. The van der Waals surface area contributed by atoms with Gasteiger partial charge < -0.3 is 19.1 Å². The van der Waals surface area contributed by atoms with E-state index in [0.29, 0.717) is 29.6 Å². The number of halogens is 1. The molecule has 1 aliphatic heterocycles. The maximum Gasteiger partial charge on any atom is 0.261 e. The molecule has 6 heteroatoms. The van der Waals surface area contributed by atoms with Crippen LogP contribution in [-0.2, 0) is 17.9 Å². The van der Waals surface area contributed by atoms with Crippen LogP contribution in [0.25, 0.3) is 0 Å². The summed E-state index contributed by atoms with van der Waals surface area (Å²) in [4.78, 5) is 14.2. The molecule has 1 aliphatic rings. The maximum atomic E-state index is 12.4. The van der Waals surface area contributed by atoms with Gasteiger partial charge in [0.2, 0.25) is 0 Å². The third-order valence-electron chi connectivity index (χ3n) is 3.88. The second-order valence-corrected chi connectivity index (χ2v) is 5.92. The van der Waals surface area contributed by atoms with E-state index in [1.165, 1.54) is 0 Å². The number of carbonyl (C=O) groups is 1. The second-order valence-electron chi connectivity index (χ2n) is 5.49. The molecule has 2 aromatic carbocycles. The first-order chi connectivity index (χ1) is 11.6. The van der Waals surface area contributed by atoms with E-state index >= 15 is 0 Å². The van der Waals surface area contributed by atoms with Gasteiger partial charge in [-0.25, -0.2) is 0 Å². The Morgan fingerprint density at radius 2 is 2.04 bits per heavy atom. The van der Waals surface area contributed by atoms with E-state index in [2.05, 4.69) is 0 Å². The van der Waals surface area contributed by atoms with Gasteiger partial charge in [0, 0.05) is 29.7 Å². The Bertz CT molecular complexity index is 763. The summed E-state index contributed by atoms with van der Waals surface area (Å²) in [6.45, 7) is 0.838. The maximum absolute atomic E-state index is 12.4. The van der Waals surface area contributed by atoms with Gasteiger partial charge in [0.25, 0.3) is 5.91 Å². The van der Waals surface area contributed by atoms with Crippen molar-refractivity contribution in [3.63, 3.8) is 0 Å². The van der Waals surface area contributed by atoms with Gasteiger partial charge in [0.15, 0.2) is 18.1 Å². The number of fused-ring (bicyclic) bond motifs is 1. The second kappa shape index (κ2) is 7.01. The summed E-state index contributed by atoms with van der Waals surface area (Å²) in [6.07, 6.45) is 0. The zero-order valence-corrected chi connectivity index (χ0v) is 14.3. The molecule has 2 aromatic rings. The molecule has 0 atom stereocenters. The number of benzene rings is 2. The molecule has 3 rings (SSSR count). The quantitative estimate of drug-likeness (QED) is 0.851. The molecule has 1 heterocycles. The number of hydrogen-bond acceptors (Lipinski definition) is 4. The van der Waals surface area contributed by atoms with E-state index in [4.69, 9.17) is 25.8 Å². The van der Waals surface area contributed by atoms with Gasteiger partial charge in [-0.15, -0.1) is 0 Å². The van der Waals surface area contributed by atoms with E-state index in [-0.39, 0.29) is 12.5 Å². The molecule has 0 aliphatic carbocycles. The summed E-state index contributed by atoms with van der Waals surface area (Å²) < 4.78 is 16.2. The Kier molecular flexibility index (Phi) is 4.81. The number of carbonyl (C=O) groups excluding carboxylic acids is 1. The predicted molar refractivity (Wildman–Crippen MR) is 90.7 cm³/mol. The first kappa shape index (κ1) is 16.5. The van der Waals surface area contributed by atoms with Gasteiger partial charge in [-0.05, 0) is 23.8 Å². The standard InChI is InChI=1S/C18H18ClNO4/c1-22-15-5-3-4-12(6-15)9-20-10-13-7-14(19)8-16(23-2)18(13)24-11-17(20)21/h3-8H,9-11H2,1-2H3. The molecule has 1 amide bonds. The summed E-state index contributed by atoms with van der Waals surface area (Å²) in [5.41, 5.74) is 1.81. The first-order valence-electron chi connectivity index (χ1n) is 7.50. The van der Waals surface area contributed by atoms with Gasteiger partial charge in [-0.3, -0.25) is 4.79 Å². The third kappa shape index (κ3) is 3.41. The van der Waals surface area contributed by atoms with E-state index < -0.39 is 0 Å². The average Bonchev–Trinajstić information content (AvgIpc) is 2.74. The highest BCUT2D eigenvalue weighted by Crippen LogP contribution is 2.37. The molecule has 0 fully saturated rings. The number of hydrogen-bond donors (Lipinski definition) is 0. The lowest BCUT2D eigenvalue weighted by atomic mass is 10.1. The van der Waals surface area contributed by atoms with Crippen molar-refractivity contribution in [2.75, 3.05) is 20.8 Å². The summed E-state index contributed by atoms with van der Waals surface area (Å²) in [5, 5.41) is 0.546. The van der Waals surface area contributed by atoms with Gasteiger partial charge in [0.1, 0.15) is 5.75 Å². The average molecular weight is 348 g/mol. The van der Waals surface area contributed by atoms with Crippen molar-refractivity contribution >= 4 is 17.5 Å². The minimum absolute atomic E-state index is 0.0328. The highest BCUT2D eigenvalue weighted by molar-refractivity contribution is 6.30. The predicted octanol–water partition coefficient (Wildman–Crippen LogP) is 3.28. The van der Waals surface area contributed by atoms with Gasteiger partial charge in [-0.1, -0.05) is 23.7 Å². The fraction of sp³-hybridized carbons (Fsp3) is 0.278. The van der Waals surface area contributed by atoms with Crippen LogP contribution >= 0.6 is 11.6 Å². The number of rotatable bonds is 4. The molecule has 0 spiro atoms. The number of amides is 1. The summed E-state index contributed by atoms with van der Waals surface area (Å²) in [5.74, 6) is 1.78. The van der Waals surface area contributed by atoms with E-state index in [9.17, 15) is 4.79 Å². The monoisotopic (exact) mass is 347 g/mol. The molecule has 0 saturated carbocycles. The molecule has 24 heavy (non-hydrogen) atoms. The van der Waals surface area contributed by atoms with Crippen LogP contribution in [0.4, 0.5) is 0 Å².